The van der Waals surface area contributed by atoms with Crippen molar-refractivity contribution in [1.82, 2.24) is 0 Å². The van der Waals surface area contributed by atoms with E-state index in [1.54, 1.807) is 7.11 Å². The summed E-state index contributed by atoms with van der Waals surface area (Å²) < 4.78 is 6.52. The number of allylic oxidation sites excluding steroid dienone is 2. The minimum Gasteiger partial charge on any atom is -0.415 e. The first-order valence-electron chi connectivity index (χ1n) is 11.2. The van der Waals surface area contributed by atoms with Gasteiger partial charge in [0.1, 0.15) is 7.11 Å². The van der Waals surface area contributed by atoms with E-state index in [9.17, 15) is 0 Å². The standard InChI is InChI=1S/C23H39NO2Si/c1-22-13-11-17(26-27(4,5)6)15-16(22)7-8-18-19-9-10-21(24-25-3)23(19,2)14-12-20(18)22/h12,16-19H,7-11,13-15H2,1-6H3/b24-21+/t16?,17?,18-,19-,22-,23-/m0/s1. The molecule has 0 aromatic carbocycles. The summed E-state index contributed by atoms with van der Waals surface area (Å²) in [4.78, 5) is 5.19. The summed E-state index contributed by atoms with van der Waals surface area (Å²) in [5.74, 6) is 2.34. The van der Waals surface area contributed by atoms with Crippen molar-refractivity contribution in [3.63, 3.8) is 0 Å². The van der Waals surface area contributed by atoms with E-state index >= 15 is 0 Å². The smallest absolute Gasteiger partial charge is 0.184 e. The molecular formula is C23H39NO2Si. The van der Waals surface area contributed by atoms with E-state index in [0.717, 1.165) is 30.6 Å². The fourth-order valence-corrected chi connectivity index (χ4v) is 8.37. The van der Waals surface area contributed by atoms with Gasteiger partial charge in [0.05, 0.1) is 5.71 Å². The normalized spacial score (nSPS) is 45.7. The molecule has 0 saturated heterocycles. The van der Waals surface area contributed by atoms with Gasteiger partial charge >= 0.3 is 0 Å². The fraction of sp³-hybridized carbons (Fsp3) is 0.870. The first-order valence-corrected chi connectivity index (χ1v) is 14.6. The molecular weight excluding hydrogens is 350 g/mol. The lowest BCUT2D eigenvalue weighted by molar-refractivity contribution is 0.00334. The molecule has 0 amide bonds. The Morgan fingerprint density at radius 2 is 1.85 bits per heavy atom. The molecule has 0 spiro atoms. The van der Waals surface area contributed by atoms with Crippen LogP contribution in [0, 0.1) is 28.6 Å². The lowest BCUT2D eigenvalue weighted by atomic mass is 9.49. The Hall–Kier alpha value is -0.613. The number of hydrogen-bond donors (Lipinski definition) is 0. The van der Waals surface area contributed by atoms with Crippen LogP contribution in [0.5, 0.6) is 0 Å². The summed E-state index contributed by atoms with van der Waals surface area (Å²) in [5, 5.41) is 4.43. The van der Waals surface area contributed by atoms with E-state index in [4.69, 9.17) is 9.26 Å². The number of oxime groups is 1. The predicted octanol–water partition coefficient (Wildman–Crippen LogP) is 6.17. The summed E-state index contributed by atoms with van der Waals surface area (Å²) in [6.07, 6.45) is 13.3. The second kappa shape index (κ2) is 6.72. The van der Waals surface area contributed by atoms with E-state index in [2.05, 4.69) is 44.7 Å². The van der Waals surface area contributed by atoms with Crippen LogP contribution in [-0.2, 0) is 9.26 Å². The zero-order chi connectivity index (χ0) is 19.4. The van der Waals surface area contributed by atoms with Crippen molar-refractivity contribution in [2.45, 2.75) is 91.0 Å². The molecule has 0 aromatic heterocycles. The number of nitrogens with zero attached hydrogens (tertiary/aromatic N) is 1. The van der Waals surface area contributed by atoms with E-state index in [0.29, 0.717) is 11.5 Å². The summed E-state index contributed by atoms with van der Waals surface area (Å²) in [5.41, 5.74) is 3.76. The van der Waals surface area contributed by atoms with Crippen LogP contribution in [0.3, 0.4) is 0 Å². The molecule has 2 unspecified atom stereocenters. The monoisotopic (exact) mass is 389 g/mol. The van der Waals surface area contributed by atoms with Crippen molar-refractivity contribution in [3.05, 3.63) is 11.6 Å². The molecule has 4 aliphatic carbocycles. The van der Waals surface area contributed by atoms with Gasteiger partial charge in [-0.05, 0) is 94.2 Å². The third kappa shape index (κ3) is 3.25. The zero-order valence-corrected chi connectivity index (χ0v) is 19.3. The third-order valence-electron chi connectivity index (χ3n) is 8.44. The Morgan fingerprint density at radius 3 is 2.56 bits per heavy atom. The molecule has 0 bridgehead atoms. The molecule has 0 aliphatic heterocycles. The first kappa shape index (κ1) is 19.7. The highest BCUT2D eigenvalue weighted by Gasteiger charge is 2.56. The molecule has 3 saturated carbocycles. The molecule has 3 fully saturated rings. The average Bonchev–Trinajstić information content (AvgIpc) is 2.91. The molecule has 0 N–H and O–H groups in total. The van der Waals surface area contributed by atoms with E-state index in [-0.39, 0.29) is 5.41 Å². The molecule has 0 radical (unpaired) electrons. The Balaban J connectivity index is 1.57. The maximum absolute atomic E-state index is 6.52. The number of rotatable bonds is 3. The van der Waals surface area contributed by atoms with Crippen molar-refractivity contribution < 1.29 is 9.26 Å². The second-order valence-corrected chi connectivity index (χ2v) is 15.5. The summed E-state index contributed by atoms with van der Waals surface area (Å²) in [7, 11) is 0.253. The molecule has 4 heteroatoms. The van der Waals surface area contributed by atoms with Crippen molar-refractivity contribution in [2.75, 3.05) is 7.11 Å². The Kier molecular flexibility index (Phi) is 4.90. The van der Waals surface area contributed by atoms with Gasteiger partial charge in [-0.1, -0.05) is 30.7 Å². The van der Waals surface area contributed by atoms with Crippen molar-refractivity contribution in [3.8, 4) is 0 Å². The third-order valence-corrected chi connectivity index (χ3v) is 9.48. The van der Waals surface area contributed by atoms with Crippen molar-refractivity contribution >= 4 is 14.0 Å². The maximum Gasteiger partial charge on any atom is 0.184 e. The minimum absolute atomic E-state index is 0.228. The maximum atomic E-state index is 6.52. The van der Waals surface area contributed by atoms with Crippen LogP contribution in [0.2, 0.25) is 19.6 Å². The van der Waals surface area contributed by atoms with Crippen molar-refractivity contribution in [2.24, 2.45) is 33.7 Å². The van der Waals surface area contributed by atoms with Crippen LogP contribution < -0.4 is 0 Å². The zero-order valence-electron chi connectivity index (χ0n) is 18.3. The summed E-state index contributed by atoms with van der Waals surface area (Å²) in [6.45, 7) is 12.0. The number of fused-ring (bicyclic) bond motifs is 5. The Bertz CT molecular complexity index is 651. The van der Waals surface area contributed by atoms with E-state index in [1.807, 2.05) is 5.57 Å². The van der Waals surface area contributed by atoms with E-state index in [1.165, 1.54) is 44.2 Å². The van der Waals surface area contributed by atoms with Gasteiger partial charge in [-0.25, -0.2) is 0 Å². The molecule has 27 heavy (non-hydrogen) atoms. The summed E-state index contributed by atoms with van der Waals surface area (Å²) >= 11 is 0. The van der Waals surface area contributed by atoms with Gasteiger partial charge in [0, 0.05) is 11.5 Å². The van der Waals surface area contributed by atoms with Crippen LogP contribution in [0.15, 0.2) is 16.8 Å². The lowest BCUT2D eigenvalue weighted by Crippen LogP contribution is -2.49. The quantitative estimate of drug-likeness (QED) is 0.328. The van der Waals surface area contributed by atoms with Gasteiger partial charge in [-0.2, -0.15) is 0 Å². The predicted molar refractivity (Wildman–Crippen MR) is 114 cm³/mol. The van der Waals surface area contributed by atoms with Crippen molar-refractivity contribution in [1.29, 1.82) is 0 Å². The molecule has 4 rings (SSSR count). The van der Waals surface area contributed by atoms with Crippen LogP contribution in [0.25, 0.3) is 0 Å². The van der Waals surface area contributed by atoms with Gasteiger partial charge in [0.25, 0.3) is 0 Å². The highest BCUT2D eigenvalue weighted by atomic mass is 28.4. The Morgan fingerprint density at radius 1 is 1.07 bits per heavy atom. The SMILES string of the molecule is CO/N=C1\CC[C@H]2[C@@H]3CCC4CC(O[Si](C)(C)C)CC[C@]4(C)C3=CC[C@]12C. The van der Waals surface area contributed by atoms with Crippen LogP contribution in [0.4, 0.5) is 0 Å². The topological polar surface area (TPSA) is 30.8 Å². The minimum atomic E-state index is -1.44. The second-order valence-electron chi connectivity index (χ2n) is 11.1. The van der Waals surface area contributed by atoms with Gasteiger partial charge < -0.3 is 9.26 Å². The highest BCUT2D eigenvalue weighted by molar-refractivity contribution is 6.69. The lowest BCUT2D eigenvalue weighted by Gasteiger charge is -2.56. The first-order chi connectivity index (χ1) is 12.7. The highest BCUT2D eigenvalue weighted by Crippen LogP contribution is 2.63. The molecule has 0 aromatic rings. The Labute approximate surface area is 167 Å². The van der Waals surface area contributed by atoms with E-state index < -0.39 is 8.32 Å². The van der Waals surface area contributed by atoms with Gasteiger partial charge in [0.2, 0.25) is 0 Å². The van der Waals surface area contributed by atoms with Crippen LogP contribution in [0.1, 0.15) is 65.2 Å². The van der Waals surface area contributed by atoms with Gasteiger partial charge in [0.15, 0.2) is 8.32 Å². The fourth-order valence-electron chi connectivity index (χ4n) is 7.15. The number of hydrogen-bond acceptors (Lipinski definition) is 3. The summed E-state index contributed by atoms with van der Waals surface area (Å²) in [6, 6.07) is 0. The molecule has 3 nitrogen and oxygen atoms in total. The molecule has 0 heterocycles. The average molecular weight is 390 g/mol. The molecule has 4 aliphatic rings. The largest absolute Gasteiger partial charge is 0.415 e. The van der Waals surface area contributed by atoms with Gasteiger partial charge in [-0.3, -0.25) is 0 Å². The van der Waals surface area contributed by atoms with Gasteiger partial charge in [-0.15, -0.1) is 0 Å². The van der Waals surface area contributed by atoms with Crippen LogP contribution >= 0.6 is 0 Å². The molecule has 152 valence electrons. The molecule has 6 atom stereocenters. The van der Waals surface area contributed by atoms with Crippen LogP contribution in [-0.4, -0.2) is 27.2 Å².